The van der Waals surface area contributed by atoms with Crippen LogP contribution in [-0.2, 0) is 16.1 Å². The molecule has 1 aliphatic heterocycles. The van der Waals surface area contributed by atoms with E-state index in [1.807, 2.05) is 29.2 Å². The summed E-state index contributed by atoms with van der Waals surface area (Å²) in [6.45, 7) is 3.60. The molecule has 1 N–H and O–H groups in total. The molecule has 1 heterocycles. The standard InChI is InChI=1S/C22H32N2O3/c1-26-21-9-7-19(8-10-21)16-24(13-11-18-5-3-2-4-6-18)22(25)15-20-17-27-14-12-23-20/h5,7-10,20,23H,2-4,6,11-17H2,1H3. The number of methoxy groups -OCH3 is 1. The Morgan fingerprint density at radius 1 is 1.30 bits per heavy atom. The number of carbonyl (C=O) groups excluding carboxylic acids is 1. The highest BCUT2D eigenvalue weighted by molar-refractivity contribution is 5.77. The molecule has 1 atom stereocenters. The molecule has 1 aliphatic carbocycles. The lowest BCUT2D eigenvalue weighted by atomic mass is 9.97. The molecule has 1 aromatic rings. The van der Waals surface area contributed by atoms with E-state index in [9.17, 15) is 4.79 Å². The fourth-order valence-electron chi connectivity index (χ4n) is 3.74. The van der Waals surface area contributed by atoms with Crippen molar-refractivity contribution in [2.24, 2.45) is 0 Å². The second-order valence-electron chi connectivity index (χ2n) is 7.45. The van der Waals surface area contributed by atoms with E-state index in [0.29, 0.717) is 19.6 Å². The molecule has 27 heavy (non-hydrogen) atoms. The van der Waals surface area contributed by atoms with Crippen LogP contribution in [0.5, 0.6) is 5.75 Å². The number of ether oxygens (including phenoxy) is 2. The predicted molar refractivity (Wildman–Crippen MR) is 107 cm³/mol. The average molecular weight is 373 g/mol. The average Bonchev–Trinajstić information content (AvgIpc) is 2.73. The maximum absolute atomic E-state index is 13.0. The van der Waals surface area contributed by atoms with Crippen LogP contribution in [0.2, 0.25) is 0 Å². The van der Waals surface area contributed by atoms with E-state index in [2.05, 4.69) is 11.4 Å². The van der Waals surface area contributed by atoms with Gasteiger partial charge < -0.3 is 19.7 Å². The van der Waals surface area contributed by atoms with Crippen LogP contribution in [0.25, 0.3) is 0 Å². The van der Waals surface area contributed by atoms with E-state index in [1.54, 1.807) is 7.11 Å². The Bertz CT molecular complexity index is 621. The van der Waals surface area contributed by atoms with Gasteiger partial charge in [-0.05, 0) is 49.8 Å². The molecule has 1 saturated heterocycles. The Labute approximate surface area is 162 Å². The van der Waals surface area contributed by atoms with Gasteiger partial charge in [0.2, 0.25) is 5.91 Å². The summed E-state index contributed by atoms with van der Waals surface area (Å²) in [7, 11) is 1.67. The fourth-order valence-corrected chi connectivity index (χ4v) is 3.74. The van der Waals surface area contributed by atoms with Crippen LogP contribution in [0.15, 0.2) is 35.9 Å². The first-order valence-electron chi connectivity index (χ1n) is 10.1. The Hall–Kier alpha value is -1.85. The van der Waals surface area contributed by atoms with Gasteiger partial charge in [0.1, 0.15) is 5.75 Å². The number of nitrogens with one attached hydrogen (secondary N) is 1. The largest absolute Gasteiger partial charge is 0.497 e. The number of carbonyl (C=O) groups is 1. The molecule has 1 fully saturated rings. The smallest absolute Gasteiger partial charge is 0.224 e. The second-order valence-corrected chi connectivity index (χ2v) is 7.45. The van der Waals surface area contributed by atoms with Crippen LogP contribution >= 0.6 is 0 Å². The van der Waals surface area contributed by atoms with Crippen LogP contribution in [0, 0.1) is 0 Å². The van der Waals surface area contributed by atoms with Crippen LogP contribution in [0.1, 0.15) is 44.1 Å². The third-order valence-corrected chi connectivity index (χ3v) is 5.39. The van der Waals surface area contributed by atoms with Crippen molar-refractivity contribution in [2.75, 3.05) is 33.4 Å². The number of allylic oxidation sites excluding steroid dienone is 1. The van der Waals surface area contributed by atoms with Crippen molar-refractivity contribution < 1.29 is 14.3 Å². The summed E-state index contributed by atoms with van der Waals surface area (Å²) in [5.41, 5.74) is 2.64. The maximum Gasteiger partial charge on any atom is 0.224 e. The third-order valence-electron chi connectivity index (χ3n) is 5.39. The van der Waals surface area contributed by atoms with Crippen molar-refractivity contribution in [3.05, 3.63) is 41.5 Å². The van der Waals surface area contributed by atoms with Gasteiger partial charge in [0, 0.05) is 32.1 Å². The molecule has 2 aliphatic rings. The Kier molecular flexibility index (Phi) is 7.72. The first-order chi connectivity index (χ1) is 13.2. The topological polar surface area (TPSA) is 50.8 Å². The fraction of sp³-hybridized carbons (Fsp3) is 0.591. The van der Waals surface area contributed by atoms with Gasteiger partial charge in [-0.2, -0.15) is 0 Å². The second kappa shape index (κ2) is 10.5. The van der Waals surface area contributed by atoms with E-state index < -0.39 is 0 Å². The number of nitrogens with zero attached hydrogens (tertiary/aromatic N) is 1. The molecular formula is C22H32N2O3. The van der Waals surface area contributed by atoms with Gasteiger partial charge in [-0.15, -0.1) is 0 Å². The highest BCUT2D eigenvalue weighted by Crippen LogP contribution is 2.21. The zero-order valence-corrected chi connectivity index (χ0v) is 16.4. The van der Waals surface area contributed by atoms with Gasteiger partial charge in [0.05, 0.1) is 20.3 Å². The van der Waals surface area contributed by atoms with Crippen LogP contribution in [-0.4, -0.2) is 50.3 Å². The Balaban J connectivity index is 1.62. The molecule has 0 radical (unpaired) electrons. The third kappa shape index (κ3) is 6.36. The summed E-state index contributed by atoms with van der Waals surface area (Å²) >= 11 is 0. The number of rotatable bonds is 8. The van der Waals surface area contributed by atoms with Gasteiger partial charge in [0.15, 0.2) is 0 Å². The molecule has 1 amide bonds. The molecule has 0 bridgehead atoms. The lowest BCUT2D eigenvalue weighted by Crippen LogP contribution is -2.45. The molecule has 3 rings (SSSR count). The summed E-state index contributed by atoms with van der Waals surface area (Å²) in [6, 6.07) is 8.12. The lowest BCUT2D eigenvalue weighted by molar-refractivity contribution is -0.133. The number of benzene rings is 1. The number of hydrogen-bond acceptors (Lipinski definition) is 4. The van der Waals surface area contributed by atoms with Crippen molar-refractivity contribution in [1.29, 1.82) is 0 Å². The minimum absolute atomic E-state index is 0.124. The Morgan fingerprint density at radius 2 is 2.15 bits per heavy atom. The van der Waals surface area contributed by atoms with E-state index in [-0.39, 0.29) is 11.9 Å². The normalized spacial score (nSPS) is 20.0. The predicted octanol–water partition coefficient (Wildman–Crippen LogP) is 3.29. The highest BCUT2D eigenvalue weighted by atomic mass is 16.5. The first-order valence-corrected chi connectivity index (χ1v) is 10.1. The van der Waals surface area contributed by atoms with Gasteiger partial charge in [0.25, 0.3) is 0 Å². The van der Waals surface area contributed by atoms with E-state index in [1.165, 1.54) is 31.3 Å². The molecule has 148 valence electrons. The number of hydrogen-bond donors (Lipinski definition) is 1. The monoisotopic (exact) mass is 372 g/mol. The quantitative estimate of drug-likeness (QED) is 0.712. The molecule has 0 aromatic heterocycles. The molecule has 0 spiro atoms. The summed E-state index contributed by atoms with van der Waals surface area (Å²) in [5.74, 6) is 1.04. The Morgan fingerprint density at radius 3 is 2.81 bits per heavy atom. The van der Waals surface area contributed by atoms with E-state index >= 15 is 0 Å². The zero-order valence-electron chi connectivity index (χ0n) is 16.4. The van der Waals surface area contributed by atoms with Crippen molar-refractivity contribution in [2.45, 2.75) is 51.1 Å². The van der Waals surface area contributed by atoms with Crippen LogP contribution < -0.4 is 10.1 Å². The minimum Gasteiger partial charge on any atom is -0.497 e. The minimum atomic E-state index is 0.124. The molecule has 5 heteroatoms. The molecule has 0 saturated carbocycles. The molecular weight excluding hydrogens is 340 g/mol. The molecule has 5 nitrogen and oxygen atoms in total. The van der Waals surface area contributed by atoms with Crippen molar-refractivity contribution >= 4 is 5.91 Å². The van der Waals surface area contributed by atoms with Crippen molar-refractivity contribution in [1.82, 2.24) is 10.2 Å². The van der Waals surface area contributed by atoms with Crippen molar-refractivity contribution in [3.63, 3.8) is 0 Å². The van der Waals surface area contributed by atoms with Crippen molar-refractivity contribution in [3.8, 4) is 5.75 Å². The van der Waals surface area contributed by atoms with Gasteiger partial charge in [-0.25, -0.2) is 0 Å². The van der Waals surface area contributed by atoms with E-state index in [0.717, 1.165) is 37.4 Å². The summed E-state index contributed by atoms with van der Waals surface area (Å²) in [4.78, 5) is 15.0. The highest BCUT2D eigenvalue weighted by Gasteiger charge is 2.21. The number of morpholine rings is 1. The number of amides is 1. The first kappa shape index (κ1) is 19.9. The van der Waals surface area contributed by atoms with Gasteiger partial charge in [-0.1, -0.05) is 23.8 Å². The zero-order chi connectivity index (χ0) is 18.9. The summed E-state index contributed by atoms with van der Waals surface area (Å²) < 4.78 is 10.7. The van der Waals surface area contributed by atoms with E-state index in [4.69, 9.17) is 9.47 Å². The molecule has 1 unspecified atom stereocenters. The van der Waals surface area contributed by atoms with Crippen LogP contribution in [0.3, 0.4) is 0 Å². The molecule has 1 aromatic carbocycles. The van der Waals surface area contributed by atoms with Gasteiger partial charge >= 0.3 is 0 Å². The van der Waals surface area contributed by atoms with Crippen LogP contribution in [0.4, 0.5) is 0 Å². The summed E-state index contributed by atoms with van der Waals surface area (Å²) in [6.07, 6.45) is 8.79. The summed E-state index contributed by atoms with van der Waals surface area (Å²) in [5, 5.41) is 3.39. The maximum atomic E-state index is 13.0. The van der Waals surface area contributed by atoms with Gasteiger partial charge in [-0.3, -0.25) is 4.79 Å². The SMILES string of the molecule is COc1ccc(CN(CCC2=CCCCC2)C(=O)CC2COCCN2)cc1. The lowest BCUT2D eigenvalue weighted by Gasteiger charge is -2.28.